The van der Waals surface area contributed by atoms with E-state index in [0.29, 0.717) is 11.1 Å². The van der Waals surface area contributed by atoms with Gasteiger partial charge in [0.2, 0.25) is 0 Å². The number of methoxy groups -OCH3 is 1. The number of nitrogens with zero attached hydrogens (tertiary/aromatic N) is 1. The quantitative estimate of drug-likeness (QED) is 0.627. The SMILES string of the molecule is COc1ccccc1/C=C/C(=O)c1ccc(C#N)cc1. The number of nitriles is 1. The van der Waals surface area contributed by atoms with Crippen molar-refractivity contribution in [3.05, 3.63) is 71.3 Å². The predicted octanol–water partition coefficient (Wildman–Crippen LogP) is 3.46. The van der Waals surface area contributed by atoms with Crippen LogP contribution in [0.5, 0.6) is 5.75 Å². The summed E-state index contributed by atoms with van der Waals surface area (Å²) in [4.78, 5) is 12.0. The van der Waals surface area contributed by atoms with Gasteiger partial charge in [0.25, 0.3) is 0 Å². The highest BCUT2D eigenvalue weighted by Crippen LogP contribution is 2.19. The lowest BCUT2D eigenvalue weighted by atomic mass is 10.1. The fourth-order valence-electron chi connectivity index (χ4n) is 1.77. The van der Waals surface area contributed by atoms with Crippen molar-refractivity contribution in [2.75, 3.05) is 7.11 Å². The molecule has 2 aromatic carbocycles. The van der Waals surface area contributed by atoms with Gasteiger partial charge in [-0.2, -0.15) is 5.26 Å². The second kappa shape index (κ2) is 6.35. The number of rotatable bonds is 4. The van der Waals surface area contributed by atoms with E-state index in [-0.39, 0.29) is 5.78 Å². The zero-order chi connectivity index (χ0) is 14.4. The van der Waals surface area contributed by atoms with Crippen LogP contribution in [0.1, 0.15) is 21.5 Å². The molecule has 0 radical (unpaired) electrons. The molecule has 0 aliphatic rings. The van der Waals surface area contributed by atoms with Crippen LogP contribution in [0.3, 0.4) is 0 Å². The molecule has 0 spiro atoms. The van der Waals surface area contributed by atoms with E-state index in [0.717, 1.165) is 11.3 Å². The number of ketones is 1. The Bertz CT molecular complexity index is 679. The van der Waals surface area contributed by atoms with Crippen LogP contribution in [0.15, 0.2) is 54.6 Å². The van der Waals surface area contributed by atoms with E-state index in [4.69, 9.17) is 10.00 Å². The van der Waals surface area contributed by atoms with E-state index in [1.165, 1.54) is 6.08 Å². The molecule has 0 amide bonds. The third-order valence-corrected chi connectivity index (χ3v) is 2.85. The Balaban J connectivity index is 2.18. The Morgan fingerprint density at radius 2 is 1.85 bits per heavy atom. The van der Waals surface area contributed by atoms with E-state index >= 15 is 0 Å². The van der Waals surface area contributed by atoms with Crippen molar-refractivity contribution in [2.45, 2.75) is 0 Å². The Morgan fingerprint density at radius 3 is 2.50 bits per heavy atom. The van der Waals surface area contributed by atoms with Crippen molar-refractivity contribution in [2.24, 2.45) is 0 Å². The molecule has 0 bridgehead atoms. The fraction of sp³-hybridized carbons (Fsp3) is 0.0588. The molecule has 2 aromatic rings. The number of benzene rings is 2. The smallest absolute Gasteiger partial charge is 0.185 e. The Kier molecular flexibility index (Phi) is 4.31. The standard InChI is InChI=1S/C17H13NO2/c1-20-17-5-3-2-4-15(17)10-11-16(19)14-8-6-13(12-18)7-9-14/h2-11H,1H3/b11-10+. The minimum atomic E-state index is -0.111. The zero-order valence-corrected chi connectivity index (χ0v) is 11.0. The highest BCUT2D eigenvalue weighted by atomic mass is 16.5. The normalized spacial score (nSPS) is 10.2. The van der Waals surface area contributed by atoms with E-state index in [2.05, 4.69) is 0 Å². The van der Waals surface area contributed by atoms with Gasteiger partial charge in [0.1, 0.15) is 5.75 Å². The molecule has 0 aliphatic carbocycles. The third-order valence-electron chi connectivity index (χ3n) is 2.85. The lowest BCUT2D eigenvalue weighted by Crippen LogP contribution is -1.94. The summed E-state index contributed by atoms with van der Waals surface area (Å²) >= 11 is 0. The lowest BCUT2D eigenvalue weighted by molar-refractivity contribution is 0.104. The van der Waals surface area contributed by atoms with Gasteiger partial charge in [-0.05, 0) is 42.5 Å². The first-order chi connectivity index (χ1) is 9.74. The highest BCUT2D eigenvalue weighted by molar-refractivity contribution is 6.07. The maximum Gasteiger partial charge on any atom is 0.185 e. The van der Waals surface area contributed by atoms with Crippen LogP contribution in [-0.4, -0.2) is 12.9 Å². The predicted molar refractivity (Wildman–Crippen MR) is 77.5 cm³/mol. The van der Waals surface area contributed by atoms with Crippen LogP contribution in [-0.2, 0) is 0 Å². The highest BCUT2D eigenvalue weighted by Gasteiger charge is 2.03. The number of carbonyl (C=O) groups is 1. The summed E-state index contributed by atoms with van der Waals surface area (Å²) in [5.74, 6) is 0.608. The topological polar surface area (TPSA) is 50.1 Å². The van der Waals surface area contributed by atoms with Gasteiger partial charge in [-0.1, -0.05) is 18.2 Å². The summed E-state index contributed by atoms with van der Waals surface area (Å²) in [5, 5.41) is 8.71. The monoisotopic (exact) mass is 263 g/mol. The van der Waals surface area contributed by atoms with Crippen LogP contribution in [0.4, 0.5) is 0 Å². The first kappa shape index (κ1) is 13.6. The summed E-state index contributed by atoms with van der Waals surface area (Å²) in [5.41, 5.74) is 1.93. The molecule has 20 heavy (non-hydrogen) atoms. The largest absolute Gasteiger partial charge is 0.496 e. The van der Waals surface area contributed by atoms with Crippen molar-refractivity contribution >= 4 is 11.9 Å². The summed E-state index contributed by atoms with van der Waals surface area (Å²) in [6, 6.07) is 16.0. The molecule has 0 atom stereocenters. The summed E-state index contributed by atoms with van der Waals surface area (Å²) in [7, 11) is 1.59. The van der Waals surface area contributed by atoms with E-state index < -0.39 is 0 Å². The lowest BCUT2D eigenvalue weighted by Gasteiger charge is -2.03. The van der Waals surface area contributed by atoms with Crippen molar-refractivity contribution in [1.82, 2.24) is 0 Å². The number of ether oxygens (including phenoxy) is 1. The molecule has 0 unspecified atom stereocenters. The van der Waals surface area contributed by atoms with Gasteiger partial charge < -0.3 is 4.74 Å². The van der Waals surface area contributed by atoms with Gasteiger partial charge in [-0.25, -0.2) is 0 Å². The molecule has 0 N–H and O–H groups in total. The number of para-hydroxylation sites is 1. The molecular weight excluding hydrogens is 250 g/mol. The van der Waals surface area contributed by atoms with E-state index in [1.807, 2.05) is 30.3 Å². The Morgan fingerprint density at radius 1 is 1.15 bits per heavy atom. The molecule has 0 aliphatic heterocycles. The Labute approximate surface area is 117 Å². The van der Waals surface area contributed by atoms with Crippen LogP contribution >= 0.6 is 0 Å². The zero-order valence-electron chi connectivity index (χ0n) is 11.0. The second-order valence-corrected chi connectivity index (χ2v) is 4.13. The van der Waals surface area contributed by atoms with Gasteiger partial charge in [0, 0.05) is 11.1 Å². The molecule has 0 saturated heterocycles. The van der Waals surface area contributed by atoms with Crippen molar-refractivity contribution in [1.29, 1.82) is 5.26 Å². The summed E-state index contributed by atoms with van der Waals surface area (Å²) in [6.45, 7) is 0. The number of hydrogen-bond acceptors (Lipinski definition) is 3. The van der Waals surface area contributed by atoms with Crippen LogP contribution < -0.4 is 4.74 Å². The number of allylic oxidation sites excluding steroid dienone is 1. The molecule has 0 saturated carbocycles. The van der Waals surface area contributed by atoms with Gasteiger partial charge in [-0.3, -0.25) is 4.79 Å². The molecule has 2 rings (SSSR count). The first-order valence-electron chi connectivity index (χ1n) is 6.10. The molecule has 0 heterocycles. The van der Waals surface area contributed by atoms with Gasteiger partial charge in [-0.15, -0.1) is 0 Å². The molecule has 3 nitrogen and oxygen atoms in total. The second-order valence-electron chi connectivity index (χ2n) is 4.13. The fourth-order valence-corrected chi connectivity index (χ4v) is 1.77. The van der Waals surface area contributed by atoms with Crippen LogP contribution in [0, 0.1) is 11.3 Å². The van der Waals surface area contributed by atoms with Crippen molar-refractivity contribution in [3.63, 3.8) is 0 Å². The average molecular weight is 263 g/mol. The molecular formula is C17H13NO2. The molecule has 0 aromatic heterocycles. The first-order valence-corrected chi connectivity index (χ1v) is 6.10. The van der Waals surface area contributed by atoms with Crippen molar-refractivity contribution in [3.8, 4) is 11.8 Å². The van der Waals surface area contributed by atoms with Crippen molar-refractivity contribution < 1.29 is 9.53 Å². The van der Waals surface area contributed by atoms with Crippen LogP contribution in [0.2, 0.25) is 0 Å². The maximum absolute atomic E-state index is 12.0. The maximum atomic E-state index is 12.0. The minimum absolute atomic E-state index is 0.111. The average Bonchev–Trinajstić information content (AvgIpc) is 2.53. The third kappa shape index (κ3) is 3.12. The van der Waals surface area contributed by atoms with Gasteiger partial charge >= 0.3 is 0 Å². The number of carbonyl (C=O) groups excluding carboxylic acids is 1. The minimum Gasteiger partial charge on any atom is -0.496 e. The molecule has 98 valence electrons. The van der Waals surface area contributed by atoms with Gasteiger partial charge in [0.05, 0.1) is 18.7 Å². The molecule has 0 fully saturated rings. The van der Waals surface area contributed by atoms with Crippen LogP contribution in [0.25, 0.3) is 6.08 Å². The summed E-state index contributed by atoms with van der Waals surface area (Å²) < 4.78 is 5.22. The summed E-state index contributed by atoms with van der Waals surface area (Å²) in [6.07, 6.45) is 3.22. The van der Waals surface area contributed by atoms with E-state index in [9.17, 15) is 4.79 Å². The van der Waals surface area contributed by atoms with Gasteiger partial charge in [0.15, 0.2) is 5.78 Å². The molecule has 3 heteroatoms. The number of hydrogen-bond donors (Lipinski definition) is 0. The Hall–Kier alpha value is -2.86. The van der Waals surface area contributed by atoms with E-state index in [1.54, 1.807) is 37.5 Å².